The smallest absolute Gasteiger partial charge is 0.407 e. The Bertz CT molecular complexity index is 2860. The topological polar surface area (TPSA) is 193 Å². The molecule has 3 aliphatic heterocycles. The van der Waals surface area contributed by atoms with Crippen molar-refractivity contribution in [2.75, 3.05) is 34.5 Å². The number of likely N-dealkylation sites (tertiary alicyclic amines) is 2. The summed E-state index contributed by atoms with van der Waals surface area (Å²) >= 11 is 0. The maximum absolute atomic E-state index is 14.3. The third kappa shape index (κ3) is 7.56. The van der Waals surface area contributed by atoms with Crippen molar-refractivity contribution in [3.8, 4) is 28.1 Å². The van der Waals surface area contributed by atoms with E-state index in [9.17, 15) is 19.2 Å². The van der Waals surface area contributed by atoms with Crippen molar-refractivity contribution < 1.29 is 38.1 Å². The van der Waals surface area contributed by atoms with Gasteiger partial charge in [-0.05, 0) is 82.5 Å². The van der Waals surface area contributed by atoms with Crippen molar-refractivity contribution in [3.63, 3.8) is 0 Å². The molecule has 0 radical (unpaired) electrons. The molecule has 2 saturated heterocycles. The van der Waals surface area contributed by atoms with Crippen LogP contribution in [0.25, 0.3) is 44.2 Å². The maximum atomic E-state index is 14.3. The first kappa shape index (κ1) is 43.0. The fourth-order valence-corrected chi connectivity index (χ4v) is 10.7. The Hall–Kier alpha value is -6.94. The minimum Gasteiger partial charge on any atom is -0.488 e. The third-order valence-electron chi connectivity index (χ3n) is 14.1. The van der Waals surface area contributed by atoms with E-state index >= 15 is 0 Å². The quantitative estimate of drug-likeness (QED) is 0.101. The second-order valence-corrected chi connectivity index (χ2v) is 18.4. The molecule has 66 heavy (non-hydrogen) atoms. The number of H-pyrrole nitrogens is 2. The van der Waals surface area contributed by atoms with Crippen LogP contribution < -0.4 is 15.4 Å². The number of aromatic nitrogens is 4. The number of carbonyl (C=O) groups excluding carboxylic acids is 4. The van der Waals surface area contributed by atoms with Crippen LogP contribution in [0.5, 0.6) is 5.75 Å². The van der Waals surface area contributed by atoms with Gasteiger partial charge in [0.15, 0.2) is 0 Å². The number of benzene rings is 4. The molecule has 5 heterocycles. The van der Waals surface area contributed by atoms with Crippen molar-refractivity contribution in [3.05, 3.63) is 102 Å². The molecule has 4 aliphatic rings. The van der Waals surface area contributed by atoms with Crippen molar-refractivity contribution >= 4 is 45.8 Å². The SMILES string of the molecule is COC[C@H]1CC(c2ncc(-c3ccc4c(c3)COc3cc5c(ccc6[nH]c([C@@H]7CC8[C@@H](C)[C@H]8N7C(=O)[C@@H](NC(=O)OC)C(C)C)nc65)cc3-4)[nH]2)N(C(=O)C(NC(=O)OC)c2ccccc2)C1. The van der Waals surface area contributed by atoms with E-state index in [4.69, 9.17) is 28.9 Å². The van der Waals surface area contributed by atoms with Gasteiger partial charge in [-0.3, -0.25) is 9.59 Å². The largest absolute Gasteiger partial charge is 0.488 e. The Morgan fingerprint density at radius 3 is 2.41 bits per heavy atom. The van der Waals surface area contributed by atoms with E-state index in [1.54, 1.807) is 18.2 Å². The minimum atomic E-state index is -0.947. The number of nitrogens with zero attached hydrogens (tertiary/aromatic N) is 4. The number of piperidine rings is 1. The van der Waals surface area contributed by atoms with E-state index in [0.29, 0.717) is 49.4 Å². The summed E-state index contributed by atoms with van der Waals surface area (Å²) in [5.74, 6) is 2.46. The molecule has 2 aromatic heterocycles. The number of hydrogen-bond donors (Lipinski definition) is 4. The number of fused-ring (bicyclic) bond motifs is 7. The van der Waals surface area contributed by atoms with Gasteiger partial charge in [0.25, 0.3) is 5.91 Å². The van der Waals surface area contributed by atoms with Crippen LogP contribution >= 0.6 is 0 Å². The van der Waals surface area contributed by atoms with Crippen molar-refractivity contribution in [2.24, 2.45) is 23.7 Å². The van der Waals surface area contributed by atoms with Gasteiger partial charge in [0.2, 0.25) is 5.91 Å². The van der Waals surface area contributed by atoms with E-state index in [2.05, 4.69) is 63.9 Å². The molecule has 4 aromatic carbocycles. The van der Waals surface area contributed by atoms with Crippen LogP contribution in [0.1, 0.15) is 74.5 Å². The molecule has 10 rings (SSSR count). The molecule has 342 valence electrons. The fraction of sp³-hybridized carbons (Fsp3) is 0.400. The van der Waals surface area contributed by atoms with Crippen LogP contribution in [0.3, 0.4) is 0 Å². The average Bonchev–Trinajstić information content (AvgIpc) is 3.96. The van der Waals surface area contributed by atoms with Gasteiger partial charge < -0.3 is 49.3 Å². The monoisotopic (exact) mass is 894 g/mol. The molecule has 16 heteroatoms. The van der Waals surface area contributed by atoms with Crippen LogP contribution in [0.15, 0.2) is 79.0 Å². The number of hydrogen-bond acceptors (Lipinski definition) is 10. The van der Waals surface area contributed by atoms with E-state index in [1.807, 2.05) is 55.1 Å². The molecule has 1 aliphatic carbocycles. The highest BCUT2D eigenvalue weighted by Gasteiger charge is 2.61. The molecule has 0 spiro atoms. The second-order valence-electron chi connectivity index (χ2n) is 18.4. The summed E-state index contributed by atoms with van der Waals surface area (Å²) in [5.41, 5.74) is 7.14. The molecule has 4 N–H and O–H groups in total. The molecule has 0 bridgehead atoms. The van der Waals surface area contributed by atoms with Crippen molar-refractivity contribution in [1.29, 1.82) is 0 Å². The molecular weight excluding hydrogens is 841 g/mol. The minimum absolute atomic E-state index is 0.0684. The molecule has 6 aromatic rings. The first-order chi connectivity index (χ1) is 32.0. The summed E-state index contributed by atoms with van der Waals surface area (Å²) in [5, 5.41) is 7.47. The lowest BCUT2D eigenvalue weighted by atomic mass is 9.92. The average molecular weight is 895 g/mol. The van der Waals surface area contributed by atoms with Gasteiger partial charge in [-0.2, -0.15) is 0 Å². The van der Waals surface area contributed by atoms with E-state index < -0.39 is 24.3 Å². The molecule has 3 unspecified atom stereocenters. The summed E-state index contributed by atoms with van der Waals surface area (Å²) in [6, 6.07) is 21.6. The van der Waals surface area contributed by atoms with Crippen LogP contribution in [-0.2, 0) is 30.4 Å². The number of amides is 4. The summed E-state index contributed by atoms with van der Waals surface area (Å²) in [6.07, 6.45) is 1.91. The van der Waals surface area contributed by atoms with Gasteiger partial charge in [-0.15, -0.1) is 0 Å². The summed E-state index contributed by atoms with van der Waals surface area (Å²) in [7, 11) is 4.23. The predicted molar refractivity (Wildman–Crippen MR) is 245 cm³/mol. The Kier molecular flexibility index (Phi) is 11.2. The number of imidazole rings is 2. The lowest BCUT2D eigenvalue weighted by Crippen LogP contribution is -2.52. The lowest BCUT2D eigenvalue weighted by molar-refractivity contribution is -0.137. The second kappa shape index (κ2) is 17.1. The first-order valence-corrected chi connectivity index (χ1v) is 22.6. The fourth-order valence-electron chi connectivity index (χ4n) is 10.7. The number of methoxy groups -OCH3 is 3. The molecule has 8 atom stereocenters. The van der Waals surface area contributed by atoms with Crippen LogP contribution in [-0.4, -0.2) is 100 Å². The Morgan fingerprint density at radius 2 is 1.65 bits per heavy atom. The molecule has 1 saturated carbocycles. The highest BCUT2D eigenvalue weighted by atomic mass is 16.5. The van der Waals surface area contributed by atoms with E-state index in [0.717, 1.165) is 67.7 Å². The highest BCUT2D eigenvalue weighted by Crippen LogP contribution is 2.58. The number of rotatable bonds is 11. The third-order valence-corrected chi connectivity index (χ3v) is 14.1. The van der Waals surface area contributed by atoms with Gasteiger partial charge in [0.05, 0.1) is 55.8 Å². The number of nitrogens with one attached hydrogen (secondary N) is 4. The molecular formula is C50H54N8O8. The van der Waals surface area contributed by atoms with E-state index in [1.165, 1.54) is 14.2 Å². The molecule has 16 nitrogen and oxygen atoms in total. The number of ether oxygens (including phenoxy) is 4. The van der Waals surface area contributed by atoms with Gasteiger partial charge in [0.1, 0.15) is 36.1 Å². The van der Waals surface area contributed by atoms with Crippen LogP contribution in [0, 0.1) is 23.7 Å². The summed E-state index contributed by atoms with van der Waals surface area (Å²) in [6.45, 7) is 7.30. The summed E-state index contributed by atoms with van der Waals surface area (Å²) in [4.78, 5) is 74.0. The maximum Gasteiger partial charge on any atom is 0.407 e. The van der Waals surface area contributed by atoms with Crippen molar-refractivity contribution in [1.82, 2.24) is 40.4 Å². The molecule has 3 fully saturated rings. The Morgan fingerprint density at radius 1 is 0.864 bits per heavy atom. The van der Waals surface area contributed by atoms with Crippen LogP contribution in [0.2, 0.25) is 0 Å². The molecule has 4 amide bonds. The standard InChI is InChI=1S/C50H54N8O8/c1-25(2)41(55-49(61)64-5)48(60)58-39(19-33-26(3)44(33)58)46-52-36-15-13-29-18-35-32-14-12-30(17-31(32)24-66-40(35)20-34(29)43(36)54-46)37-21-51-45(53-37)38-16-27(23-63-4)22-57(38)47(59)42(56-50(62)65-6)28-10-8-7-9-11-28/h7-15,17-18,20-21,25-27,33,38-39,41-42,44H,16,19,22-24H2,1-6H3,(H,51,53)(H,52,54)(H,55,61)(H,56,62)/t26-,27+,33?,38?,39+,41+,42?,44-/m1/s1. The lowest BCUT2D eigenvalue weighted by Gasteiger charge is -2.32. The normalized spacial score (nSPS) is 22.6. The van der Waals surface area contributed by atoms with Gasteiger partial charge >= 0.3 is 12.2 Å². The Labute approximate surface area is 381 Å². The number of carbonyl (C=O) groups is 4. The first-order valence-electron chi connectivity index (χ1n) is 22.6. The zero-order valence-electron chi connectivity index (χ0n) is 37.8. The van der Waals surface area contributed by atoms with Gasteiger partial charge in [-0.25, -0.2) is 19.6 Å². The zero-order valence-corrected chi connectivity index (χ0v) is 37.8. The highest BCUT2D eigenvalue weighted by molar-refractivity contribution is 6.07. The Balaban J connectivity index is 0.912. The van der Waals surface area contributed by atoms with Crippen LogP contribution in [0.4, 0.5) is 9.59 Å². The van der Waals surface area contributed by atoms with Crippen molar-refractivity contribution in [2.45, 2.75) is 70.4 Å². The number of aromatic amines is 2. The zero-order chi connectivity index (χ0) is 46.0. The number of alkyl carbamates (subject to hydrolysis) is 2. The van der Waals surface area contributed by atoms with Gasteiger partial charge in [-0.1, -0.05) is 69.3 Å². The van der Waals surface area contributed by atoms with E-state index in [-0.39, 0.29) is 41.8 Å². The summed E-state index contributed by atoms with van der Waals surface area (Å²) < 4.78 is 21.7. The predicted octanol–water partition coefficient (Wildman–Crippen LogP) is 7.59. The van der Waals surface area contributed by atoms with Gasteiger partial charge in [0, 0.05) is 36.6 Å².